The van der Waals surface area contributed by atoms with Crippen molar-refractivity contribution in [1.82, 2.24) is 0 Å². The molecule has 5 rings (SSSR count). The summed E-state index contributed by atoms with van der Waals surface area (Å²) in [7, 11) is 0.0576. The molecule has 0 amide bonds. The van der Waals surface area contributed by atoms with E-state index in [0.29, 0.717) is 0 Å². The Hall–Kier alpha value is -1.24. The molecule has 0 heterocycles. The van der Waals surface area contributed by atoms with Crippen LogP contribution in [0.4, 0.5) is 0 Å². The Morgan fingerprint density at radius 2 is 1.32 bits per heavy atom. The van der Waals surface area contributed by atoms with Gasteiger partial charge in [-0.1, -0.05) is 55.0 Å². The van der Waals surface area contributed by atoms with E-state index in [0.717, 1.165) is 0 Å². The van der Waals surface area contributed by atoms with Crippen molar-refractivity contribution in [1.29, 1.82) is 0 Å². The third-order valence-corrected chi connectivity index (χ3v) is 6.39. The van der Waals surface area contributed by atoms with Crippen molar-refractivity contribution in [3.63, 3.8) is 0 Å². The van der Waals surface area contributed by atoms with Crippen molar-refractivity contribution < 1.29 is 50.7 Å². The third kappa shape index (κ3) is 6.62. The molecule has 4 heteroatoms. The normalized spacial score (nSPS) is 9.94. The number of halogens is 2. The molecule has 0 nitrogen and oxygen atoms in total. The smallest absolute Gasteiger partial charge is 1.00 e. The molecule has 0 bridgehead atoms. The maximum absolute atomic E-state index is 2.31. The van der Waals surface area contributed by atoms with Gasteiger partial charge in [-0.3, -0.25) is 0 Å². The van der Waals surface area contributed by atoms with Crippen molar-refractivity contribution in [3.8, 4) is 11.1 Å². The zero-order valence-corrected chi connectivity index (χ0v) is 23.9. The van der Waals surface area contributed by atoms with Gasteiger partial charge in [-0.05, 0) is 18.9 Å². The minimum absolute atomic E-state index is 0. The van der Waals surface area contributed by atoms with Gasteiger partial charge in [0.15, 0.2) is 0 Å². The summed E-state index contributed by atoms with van der Waals surface area (Å²) in [5, 5.41) is 6.95. The first-order valence-corrected chi connectivity index (χ1v) is 11.9. The summed E-state index contributed by atoms with van der Waals surface area (Å²) in [5.74, 6) is 0. The molecule has 0 N–H and O–H groups in total. The second-order valence-electron chi connectivity index (χ2n) is 7.44. The Kier molecular flexibility index (Phi) is 11.4. The van der Waals surface area contributed by atoms with Gasteiger partial charge < -0.3 is 24.8 Å². The quantitative estimate of drug-likeness (QED) is 0.158. The predicted molar refractivity (Wildman–Crippen MR) is 128 cm³/mol. The summed E-state index contributed by atoms with van der Waals surface area (Å²) in [6.07, 6.45) is 0. The standard InChI is InChI=1S/C16H13.C11H12P.2ClH.Hf/c1-12-10-14-8-5-9-15(16(14)11-12)13-6-3-2-4-7-13;1-12(2)11-7-9-5-3-4-6-10(9)8-11;;;/h2-11H,1H3;3-8H,1-2H3;2*1H;/q2*-1;;;+4/p-2. The molecule has 156 valence electrons. The molecule has 0 atom stereocenters. The van der Waals surface area contributed by atoms with E-state index in [1.807, 2.05) is 0 Å². The van der Waals surface area contributed by atoms with Crippen LogP contribution >= 0.6 is 7.92 Å². The molecule has 0 saturated heterocycles. The fraction of sp³-hybridized carbons (Fsp3) is 0.111. The molecule has 0 aliphatic heterocycles. The molecule has 31 heavy (non-hydrogen) atoms. The molecular formula is C27H25Cl2HfP. The minimum atomic E-state index is 0. The van der Waals surface area contributed by atoms with Crippen LogP contribution < -0.4 is 30.1 Å². The number of benzene rings is 3. The van der Waals surface area contributed by atoms with Crippen LogP contribution in [0.1, 0.15) is 5.56 Å². The Labute approximate surface area is 218 Å². The maximum atomic E-state index is 2.31. The Morgan fingerprint density at radius 1 is 0.677 bits per heavy atom. The van der Waals surface area contributed by atoms with E-state index in [1.54, 1.807) is 0 Å². The second kappa shape index (κ2) is 12.7. The first-order chi connectivity index (χ1) is 13.6. The summed E-state index contributed by atoms with van der Waals surface area (Å²) >= 11 is 0. The average Bonchev–Trinajstić information content (AvgIpc) is 3.31. The van der Waals surface area contributed by atoms with Gasteiger partial charge in [0, 0.05) is 0 Å². The summed E-state index contributed by atoms with van der Waals surface area (Å²) in [6, 6.07) is 34.7. The molecule has 0 spiro atoms. The topological polar surface area (TPSA) is 0 Å². The first kappa shape index (κ1) is 27.8. The monoisotopic (exact) mass is 630 g/mol. The van der Waals surface area contributed by atoms with Crippen molar-refractivity contribution in [2.24, 2.45) is 0 Å². The van der Waals surface area contributed by atoms with Crippen molar-refractivity contribution >= 4 is 34.8 Å². The number of rotatable bonds is 2. The largest absolute Gasteiger partial charge is 4.00 e. The van der Waals surface area contributed by atoms with E-state index in [-0.39, 0.29) is 58.6 Å². The van der Waals surface area contributed by atoms with Crippen LogP contribution in [0.3, 0.4) is 0 Å². The van der Waals surface area contributed by atoms with Gasteiger partial charge in [0.05, 0.1) is 0 Å². The zero-order valence-electron chi connectivity index (χ0n) is 17.9. The molecule has 0 fully saturated rings. The van der Waals surface area contributed by atoms with E-state index in [2.05, 4.69) is 117 Å². The molecule has 0 unspecified atom stereocenters. The molecule has 5 aromatic rings. The van der Waals surface area contributed by atoms with Crippen LogP contribution in [0.5, 0.6) is 0 Å². The van der Waals surface area contributed by atoms with Crippen LogP contribution in [0.2, 0.25) is 0 Å². The van der Waals surface area contributed by atoms with Crippen LogP contribution in [0.25, 0.3) is 32.7 Å². The number of fused-ring (bicyclic) bond motifs is 2. The van der Waals surface area contributed by atoms with Gasteiger partial charge >= 0.3 is 25.8 Å². The van der Waals surface area contributed by atoms with Gasteiger partial charge in [0.25, 0.3) is 0 Å². The van der Waals surface area contributed by atoms with Gasteiger partial charge in [-0.15, -0.1) is 82.8 Å². The number of aryl methyl sites for hydroxylation is 1. The fourth-order valence-corrected chi connectivity index (χ4v) is 4.44. The average molecular weight is 630 g/mol. The van der Waals surface area contributed by atoms with E-state index in [9.17, 15) is 0 Å². The molecule has 0 aliphatic rings. The molecule has 5 aromatic carbocycles. The Morgan fingerprint density at radius 3 is 2.00 bits per heavy atom. The first-order valence-electron chi connectivity index (χ1n) is 9.66. The van der Waals surface area contributed by atoms with Crippen LogP contribution in [-0.2, 0) is 25.8 Å². The minimum Gasteiger partial charge on any atom is -1.00 e. The van der Waals surface area contributed by atoms with Crippen molar-refractivity contribution in [3.05, 3.63) is 103 Å². The SMILES string of the molecule is CP(C)c1cc2ccccc2[cH-]1.Cc1cc2c(-c3ccccc3)cccc2[cH-]1.[Cl-].[Cl-].[Hf+4]. The molecule has 0 saturated carbocycles. The van der Waals surface area contributed by atoms with Crippen molar-refractivity contribution in [2.75, 3.05) is 13.3 Å². The maximum Gasteiger partial charge on any atom is 4.00 e. The fourth-order valence-electron chi connectivity index (χ4n) is 3.65. The van der Waals surface area contributed by atoms with Gasteiger partial charge in [0.2, 0.25) is 0 Å². The zero-order chi connectivity index (χ0) is 19.5. The van der Waals surface area contributed by atoms with Crippen LogP contribution in [0.15, 0.2) is 97.1 Å². The number of hydrogen-bond acceptors (Lipinski definition) is 0. The van der Waals surface area contributed by atoms with Crippen LogP contribution in [0, 0.1) is 6.92 Å². The third-order valence-electron chi connectivity index (χ3n) is 5.10. The Balaban J connectivity index is 0.000000292. The van der Waals surface area contributed by atoms with Gasteiger partial charge in [-0.25, -0.2) is 0 Å². The van der Waals surface area contributed by atoms with Crippen LogP contribution in [-0.4, -0.2) is 13.3 Å². The molecule has 0 aromatic heterocycles. The summed E-state index contributed by atoms with van der Waals surface area (Å²) in [4.78, 5) is 0. The predicted octanol–water partition coefficient (Wildman–Crippen LogP) is 1.47. The molecule has 0 radical (unpaired) electrons. The van der Waals surface area contributed by atoms with E-state index < -0.39 is 0 Å². The van der Waals surface area contributed by atoms with E-state index in [4.69, 9.17) is 0 Å². The Bertz CT molecular complexity index is 1170. The van der Waals surface area contributed by atoms with E-state index >= 15 is 0 Å². The van der Waals surface area contributed by atoms with Crippen molar-refractivity contribution in [2.45, 2.75) is 6.92 Å². The molecular weight excluding hydrogens is 605 g/mol. The van der Waals surface area contributed by atoms with Gasteiger partial charge in [-0.2, -0.15) is 12.1 Å². The second-order valence-corrected chi connectivity index (χ2v) is 9.75. The summed E-state index contributed by atoms with van der Waals surface area (Å²) < 4.78 is 0. The summed E-state index contributed by atoms with van der Waals surface area (Å²) in [5.41, 5.74) is 3.95. The van der Waals surface area contributed by atoms with Gasteiger partial charge in [0.1, 0.15) is 0 Å². The number of hydrogen-bond donors (Lipinski definition) is 0. The summed E-state index contributed by atoms with van der Waals surface area (Å²) in [6.45, 7) is 6.74. The van der Waals surface area contributed by atoms with E-state index in [1.165, 1.54) is 43.5 Å². The molecule has 0 aliphatic carbocycles.